The van der Waals surface area contributed by atoms with E-state index < -0.39 is 10.7 Å². The van der Waals surface area contributed by atoms with Gasteiger partial charge in [-0.15, -0.1) is 0 Å². The molecule has 0 spiro atoms. The van der Waals surface area contributed by atoms with Gasteiger partial charge in [0, 0.05) is 11.6 Å². The van der Waals surface area contributed by atoms with E-state index in [2.05, 4.69) is 47.9 Å². The number of carboxylic acid groups (broad SMARTS) is 1. The second-order valence-corrected chi connectivity index (χ2v) is 9.28. The summed E-state index contributed by atoms with van der Waals surface area (Å²) < 4.78 is -0.678. The second kappa shape index (κ2) is 5.84. The first kappa shape index (κ1) is 17.1. The molecule has 0 bridgehead atoms. The van der Waals surface area contributed by atoms with E-state index in [1.165, 1.54) is 17.3 Å². The van der Waals surface area contributed by atoms with Gasteiger partial charge in [-0.05, 0) is 48.1 Å². The van der Waals surface area contributed by atoms with Crippen LogP contribution in [0.15, 0.2) is 41.7 Å². The summed E-state index contributed by atoms with van der Waals surface area (Å²) in [5, 5.41) is 11.1. The Morgan fingerprint density at radius 1 is 1.23 bits per heavy atom. The number of carbonyl (C=O) groups is 1. The van der Waals surface area contributed by atoms with Crippen molar-refractivity contribution in [2.75, 3.05) is 0 Å². The van der Waals surface area contributed by atoms with E-state index >= 15 is 0 Å². The first-order valence-corrected chi connectivity index (χ1v) is 9.47. The van der Waals surface area contributed by atoms with Gasteiger partial charge in [-0.2, -0.15) is 0 Å². The lowest BCUT2D eigenvalue weighted by Crippen LogP contribution is -2.17. The van der Waals surface area contributed by atoms with Crippen molar-refractivity contribution in [1.82, 2.24) is 15.0 Å². The third-order valence-electron chi connectivity index (χ3n) is 4.78. The molecule has 3 aromatic rings. The molecule has 0 aromatic carbocycles. The fourth-order valence-electron chi connectivity index (χ4n) is 2.92. The van der Waals surface area contributed by atoms with Gasteiger partial charge in [-0.1, -0.05) is 32.5 Å². The first-order chi connectivity index (χ1) is 12.3. The van der Waals surface area contributed by atoms with Gasteiger partial charge in [-0.25, -0.2) is 4.98 Å². The van der Waals surface area contributed by atoms with Crippen molar-refractivity contribution >= 4 is 28.6 Å². The van der Waals surface area contributed by atoms with Crippen molar-refractivity contribution in [2.45, 2.75) is 48.8 Å². The number of hydrogen-bond acceptors (Lipinski definition) is 4. The SMILES string of the molecule is CC(C)(C)c1ccnc(-c2cc3cc(SC4(C(=O)O)CC4)ncc3[nH]2)c1. The minimum Gasteiger partial charge on any atom is -0.480 e. The number of nitrogens with zero attached hydrogens (tertiary/aromatic N) is 2. The Morgan fingerprint density at radius 3 is 2.65 bits per heavy atom. The maximum atomic E-state index is 11.4. The summed E-state index contributed by atoms with van der Waals surface area (Å²) in [4.78, 5) is 23.7. The molecule has 0 atom stereocenters. The Labute approximate surface area is 156 Å². The van der Waals surface area contributed by atoms with Crippen molar-refractivity contribution in [1.29, 1.82) is 0 Å². The number of nitrogens with one attached hydrogen (secondary N) is 1. The van der Waals surface area contributed by atoms with Crippen molar-refractivity contribution < 1.29 is 9.90 Å². The third-order valence-corrected chi connectivity index (χ3v) is 6.18. The lowest BCUT2D eigenvalue weighted by molar-refractivity contribution is -0.137. The molecule has 1 saturated carbocycles. The lowest BCUT2D eigenvalue weighted by atomic mass is 9.87. The third kappa shape index (κ3) is 3.09. The van der Waals surface area contributed by atoms with Crippen LogP contribution < -0.4 is 0 Å². The van der Waals surface area contributed by atoms with Gasteiger partial charge in [0.15, 0.2) is 0 Å². The van der Waals surface area contributed by atoms with Gasteiger partial charge in [0.2, 0.25) is 0 Å². The monoisotopic (exact) mass is 367 g/mol. The molecular weight excluding hydrogens is 346 g/mol. The Balaban J connectivity index is 1.67. The number of aromatic nitrogens is 3. The lowest BCUT2D eigenvalue weighted by Gasteiger charge is -2.19. The molecule has 0 aliphatic heterocycles. The van der Waals surface area contributed by atoms with E-state index in [4.69, 9.17) is 0 Å². The van der Waals surface area contributed by atoms with E-state index in [0.717, 1.165) is 27.3 Å². The minimum absolute atomic E-state index is 0.0600. The zero-order chi connectivity index (χ0) is 18.5. The summed E-state index contributed by atoms with van der Waals surface area (Å²) in [6, 6.07) is 8.16. The predicted molar refractivity (Wildman–Crippen MR) is 103 cm³/mol. The van der Waals surface area contributed by atoms with Gasteiger partial charge >= 0.3 is 5.97 Å². The number of thioether (sulfide) groups is 1. The molecule has 3 aromatic heterocycles. The Kier molecular flexibility index (Phi) is 3.84. The van der Waals surface area contributed by atoms with E-state index in [0.29, 0.717) is 12.8 Å². The van der Waals surface area contributed by atoms with Crippen LogP contribution in [-0.4, -0.2) is 30.8 Å². The summed E-state index contributed by atoms with van der Waals surface area (Å²) in [5.74, 6) is -0.748. The normalized spacial score (nSPS) is 16.0. The number of carboxylic acids is 1. The van der Waals surface area contributed by atoms with Crippen LogP contribution >= 0.6 is 11.8 Å². The number of pyridine rings is 2. The molecular formula is C20H21N3O2S. The Bertz CT molecular complexity index is 1000. The first-order valence-electron chi connectivity index (χ1n) is 8.65. The molecule has 0 saturated heterocycles. The molecule has 26 heavy (non-hydrogen) atoms. The van der Waals surface area contributed by atoms with Crippen LogP contribution in [0.2, 0.25) is 0 Å². The van der Waals surface area contributed by atoms with Crippen LogP contribution in [0.5, 0.6) is 0 Å². The number of H-pyrrole nitrogens is 1. The zero-order valence-electron chi connectivity index (χ0n) is 15.0. The van der Waals surface area contributed by atoms with E-state index in [1.807, 2.05) is 18.3 Å². The van der Waals surface area contributed by atoms with Crippen LogP contribution in [0, 0.1) is 0 Å². The molecule has 0 amide bonds. The molecule has 3 heterocycles. The van der Waals surface area contributed by atoms with Crippen LogP contribution in [0.1, 0.15) is 39.2 Å². The maximum Gasteiger partial charge on any atom is 0.320 e. The van der Waals surface area contributed by atoms with Crippen molar-refractivity contribution in [2.24, 2.45) is 0 Å². The smallest absolute Gasteiger partial charge is 0.320 e. The Morgan fingerprint density at radius 2 is 2.00 bits per heavy atom. The molecule has 4 rings (SSSR count). The van der Waals surface area contributed by atoms with Gasteiger partial charge in [0.25, 0.3) is 0 Å². The fraction of sp³-hybridized carbons (Fsp3) is 0.350. The average molecular weight is 367 g/mol. The fourth-order valence-corrected chi connectivity index (χ4v) is 4.01. The maximum absolute atomic E-state index is 11.4. The molecule has 6 heteroatoms. The molecule has 0 radical (unpaired) electrons. The second-order valence-electron chi connectivity index (χ2n) is 7.87. The standard InChI is InChI=1S/C20H21N3O2S/c1-19(2,3)13-4-7-21-14(10-13)15-8-12-9-17(22-11-16(12)23-15)26-20(5-6-20)18(24)25/h4,7-11,23H,5-6H2,1-3H3,(H,24,25). The molecule has 0 unspecified atom stereocenters. The van der Waals surface area contributed by atoms with Gasteiger partial charge in [0.05, 0.1) is 28.1 Å². The highest BCUT2D eigenvalue weighted by Gasteiger charge is 2.51. The van der Waals surface area contributed by atoms with Gasteiger partial charge in [-0.3, -0.25) is 9.78 Å². The molecule has 1 aliphatic carbocycles. The zero-order valence-corrected chi connectivity index (χ0v) is 15.9. The molecule has 2 N–H and O–H groups in total. The van der Waals surface area contributed by atoms with Crippen LogP contribution in [0.4, 0.5) is 0 Å². The molecule has 1 aliphatic rings. The molecule has 5 nitrogen and oxygen atoms in total. The summed E-state index contributed by atoms with van der Waals surface area (Å²) in [6.07, 6.45) is 5.01. The summed E-state index contributed by atoms with van der Waals surface area (Å²) in [6.45, 7) is 6.54. The average Bonchev–Trinajstić information content (AvgIpc) is 3.25. The van der Waals surface area contributed by atoms with Crippen LogP contribution in [0.25, 0.3) is 22.3 Å². The van der Waals surface area contributed by atoms with E-state index in [-0.39, 0.29) is 5.41 Å². The highest BCUT2D eigenvalue weighted by Crippen LogP contribution is 2.51. The largest absolute Gasteiger partial charge is 0.480 e. The van der Waals surface area contributed by atoms with Crippen molar-refractivity contribution in [3.05, 3.63) is 42.2 Å². The molecule has 1 fully saturated rings. The van der Waals surface area contributed by atoms with Crippen molar-refractivity contribution in [3.63, 3.8) is 0 Å². The quantitative estimate of drug-likeness (QED) is 0.703. The van der Waals surface area contributed by atoms with Crippen LogP contribution in [-0.2, 0) is 10.2 Å². The summed E-state index contributed by atoms with van der Waals surface area (Å²) >= 11 is 1.35. The van der Waals surface area contributed by atoms with Gasteiger partial charge < -0.3 is 10.1 Å². The van der Waals surface area contributed by atoms with E-state index in [9.17, 15) is 9.90 Å². The van der Waals surface area contributed by atoms with Crippen LogP contribution in [0.3, 0.4) is 0 Å². The number of aliphatic carboxylic acids is 1. The number of rotatable bonds is 4. The number of fused-ring (bicyclic) bond motifs is 1. The highest BCUT2D eigenvalue weighted by molar-refractivity contribution is 8.01. The highest BCUT2D eigenvalue weighted by atomic mass is 32.2. The summed E-state index contributed by atoms with van der Waals surface area (Å²) in [5.41, 5.74) is 4.05. The number of aromatic amines is 1. The van der Waals surface area contributed by atoms with Gasteiger partial charge in [0.1, 0.15) is 4.75 Å². The topological polar surface area (TPSA) is 78.9 Å². The number of hydrogen-bond donors (Lipinski definition) is 2. The van der Waals surface area contributed by atoms with E-state index in [1.54, 1.807) is 6.20 Å². The molecule has 134 valence electrons. The minimum atomic E-state index is -0.748. The van der Waals surface area contributed by atoms with Crippen molar-refractivity contribution in [3.8, 4) is 11.4 Å². The summed E-state index contributed by atoms with van der Waals surface area (Å²) in [7, 11) is 0. The Hall–Kier alpha value is -2.34. The predicted octanol–water partition coefficient (Wildman–Crippen LogP) is 4.63.